The minimum Gasteiger partial charge on any atom is -0.408 e. The number of ether oxygens (including phenoxy) is 1. The van der Waals surface area contributed by atoms with Gasteiger partial charge in [0.15, 0.2) is 5.75 Å². The molecule has 5 heteroatoms. The predicted octanol–water partition coefficient (Wildman–Crippen LogP) is 6.14. The van der Waals surface area contributed by atoms with E-state index in [0.29, 0.717) is 24.6 Å². The highest BCUT2D eigenvalue weighted by atomic mass is 16.6. The number of amides is 1. The van der Waals surface area contributed by atoms with Crippen molar-refractivity contribution in [3.63, 3.8) is 0 Å². The van der Waals surface area contributed by atoms with E-state index in [-0.39, 0.29) is 11.6 Å². The molecular weight excluding hydrogens is 410 g/mol. The molecule has 2 N–H and O–H groups in total. The standard InChI is InChI=1S/C28H37N3O2/c1-18(2)16-24-26(33-27(32)31(7)28(4,5)6)25(21-11-8-19(3)9-12-21)22-17-20(14-15-29)10-13-23(22)30-24/h8-13,17-18H,14-16,29H2,1-7H3. The number of nitrogens with zero attached hydrogens (tertiary/aromatic N) is 2. The van der Waals surface area contributed by atoms with Gasteiger partial charge in [-0.25, -0.2) is 9.78 Å². The van der Waals surface area contributed by atoms with E-state index in [0.717, 1.165) is 39.7 Å². The molecule has 0 bridgehead atoms. The molecule has 1 aromatic heterocycles. The van der Waals surface area contributed by atoms with Gasteiger partial charge in [0.1, 0.15) is 0 Å². The average molecular weight is 448 g/mol. The molecule has 1 amide bonds. The number of aromatic nitrogens is 1. The van der Waals surface area contributed by atoms with Crippen LogP contribution in [0, 0.1) is 12.8 Å². The Balaban J connectivity index is 2.32. The highest BCUT2D eigenvalue weighted by Crippen LogP contribution is 2.40. The van der Waals surface area contributed by atoms with E-state index in [1.165, 1.54) is 5.56 Å². The topological polar surface area (TPSA) is 68.5 Å². The second-order valence-electron chi connectivity index (χ2n) is 10.2. The first-order valence-corrected chi connectivity index (χ1v) is 11.7. The molecule has 33 heavy (non-hydrogen) atoms. The number of benzene rings is 2. The van der Waals surface area contributed by atoms with Gasteiger partial charge in [0.05, 0.1) is 11.2 Å². The van der Waals surface area contributed by atoms with E-state index < -0.39 is 0 Å². The fourth-order valence-corrected chi connectivity index (χ4v) is 3.74. The summed E-state index contributed by atoms with van der Waals surface area (Å²) in [7, 11) is 1.77. The Labute approximate surface area is 198 Å². The average Bonchev–Trinajstić information content (AvgIpc) is 2.73. The van der Waals surface area contributed by atoms with Gasteiger partial charge in [-0.1, -0.05) is 49.7 Å². The Morgan fingerprint density at radius 1 is 1.12 bits per heavy atom. The van der Waals surface area contributed by atoms with E-state index in [1.54, 1.807) is 11.9 Å². The van der Waals surface area contributed by atoms with Crippen LogP contribution >= 0.6 is 0 Å². The Morgan fingerprint density at radius 2 is 1.79 bits per heavy atom. The lowest BCUT2D eigenvalue weighted by Crippen LogP contribution is -2.44. The molecule has 0 atom stereocenters. The highest BCUT2D eigenvalue weighted by molar-refractivity contribution is 5.99. The van der Waals surface area contributed by atoms with Crippen molar-refractivity contribution in [2.24, 2.45) is 11.7 Å². The van der Waals surface area contributed by atoms with Crippen LogP contribution in [0.3, 0.4) is 0 Å². The third-order valence-electron chi connectivity index (χ3n) is 5.92. The van der Waals surface area contributed by atoms with Crippen molar-refractivity contribution in [3.8, 4) is 16.9 Å². The molecule has 0 radical (unpaired) electrons. The van der Waals surface area contributed by atoms with Crippen molar-refractivity contribution in [2.45, 2.75) is 59.9 Å². The first-order chi connectivity index (χ1) is 15.5. The summed E-state index contributed by atoms with van der Waals surface area (Å²) in [6, 6.07) is 14.6. The van der Waals surface area contributed by atoms with Gasteiger partial charge >= 0.3 is 6.09 Å². The number of nitrogens with two attached hydrogens (primary N) is 1. The van der Waals surface area contributed by atoms with Gasteiger partial charge in [0.2, 0.25) is 0 Å². The van der Waals surface area contributed by atoms with Crippen LogP contribution in [-0.2, 0) is 12.8 Å². The van der Waals surface area contributed by atoms with Gasteiger partial charge in [-0.3, -0.25) is 0 Å². The van der Waals surface area contributed by atoms with Crippen LogP contribution in [0.25, 0.3) is 22.0 Å². The summed E-state index contributed by atoms with van der Waals surface area (Å²) < 4.78 is 6.16. The number of carbonyl (C=O) groups excluding carboxylic acids is 1. The summed E-state index contributed by atoms with van der Waals surface area (Å²) in [6.45, 7) is 12.9. The van der Waals surface area contributed by atoms with Crippen LogP contribution in [0.5, 0.6) is 5.75 Å². The van der Waals surface area contributed by atoms with Crippen molar-refractivity contribution in [3.05, 3.63) is 59.3 Å². The molecule has 176 valence electrons. The van der Waals surface area contributed by atoms with Crippen molar-refractivity contribution < 1.29 is 9.53 Å². The van der Waals surface area contributed by atoms with E-state index in [1.807, 2.05) is 20.8 Å². The molecule has 1 heterocycles. The van der Waals surface area contributed by atoms with Gasteiger partial charge in [0.25, 0.3) is 0 Å². The van der Waals surface area contributed by atoms with Crippen LogP contribution in [0.1, 0.15) is 51.4 Å². The second kappa shape index (κ2) is 9.92. The molecule has 2 aromatic carbocycles. The van der Waals surface area contributed by atoms with Crippen LogP contribution < -0.4 is 10.5 Å². The van der Waals surface area contributed by atoms with Crippen LogP contribution in [0.2, 0.25) is 0 Å². The van der Waals surface area contributed by atoms with Gasteiger partial charge in [-0.2, -0.15) is 0 Å². The van der Waals surface area contributed by atoms with E-state index in [4.69, 9.17) is 15.5 Å². The summed E-state index contributed by atoms with van der Waals surface area (Å²) in [5.41, 5.74) is 11.4. The SMILES string of the molecule is Cc1ccc(-c2c(OC(=O)N(C)C(C)(C)C)c(CC(C)C)nc3ccc(CCN)cc23)cc1. The second-order valence-corrected chi connectivity index (χ2v) is 10.2. The number of pyridine rings is 1. The highest BCUT2D eigenvalue weighted by Gasteiger charge is 2.27. The van der Waals surface area contributed by atoms with Gasteiger partial charge < -0.3 is 15.4 Å². The van der Waals surface area contributed by atoms with Crippen molar-refractivity contribution in [1.29, 1.82) is 0 Å². The molecule has 0 fully saturated rings. The molecule has 0 aliphatic rings. The minimum atomic E-state index is -0.389. The molecule has 3 rings (SSSR count). The molecule has 0 saturated heterocycles. The molecule has 0 unspecified atom stereocenters. The normalized spacial score (nSPS) is 11.8. The quantitative estimate of drug-likeness (QED) is 0.493. The maximum Gasteiger partial charge on any atom is 0.415 e. The molecule has 0 aliphatic heterocycles. The smallest absolute Gasteiger partial charge is 0.408 e. The predicted molar refractivity (Wildman–Crippen MR) is 137 cm³/mol. The molecule has 3 aromatic rings. The zero-order valence-corrected chi connectivity index (χ0v) is 21.0. The number of hydrogen-bond donors (Lipinski definition) is 1. The van der Waals surface area contributed by atoms with Gasteiger partial charge in [0, 0.05) is 23.5 Å². The largest absolute Gasteiger partial charge is 0.415 e. The van der Waals surface area contributed by atoms with E-state index >= 15 is 0 Å². The number of carbonyl (C=O) groups is 1. The van der Waals surface area contributed by atoms with E-state index in [9.17, 15) is 4.79 Å². The molecule has 0 spiro atoms. The summed E-state index contributed by atoms with van der Waals surface area (Å²) in [6.07, 6.45) is 1.10. The zero-order valence-electron chi connectivity index (χ0n) is 21.0. The molecule has 5 nitrogen and oxygen atoms in total. The number of fused-ring (bicyclic) bond motifs is 1. The first kappa shape index (κ1) is 24.7. The molecular formula is C28H37N3O2. The van der Waals surface area contributed by atoms with E-state index in [2.05, 4.69) is 63.2 Å². The lowest BCUT2D eigenvalue weighted by atomic mass is 9.94. The Kier molecular flexibility index (Phi) is 7.43. The Morgan fingerprint density at radius 3 is 2.36 bits per heavy atom. The van der Waals surface area contributed by atoms with Crippen molar-refractivity contribution in [1.82, 2.24) is 9.88 Å². The first-order valence-electron chi connectivity index (χ1n) is 11.7. The number of aryl methyl sites for hydroxylation is 1. The zero-order chi connectivity index (χ0) is 24.3. The number of rotatable bonds is 6. The summed E-state index contributed by atoms with van der Waals surface area (Å²) in [4.78, 5) is 19.8. The minimum absolute atomic E-state index is 0.357. The van der Waals surface area contributed by atoms with Crippen molar-refractivity contribution >= 4 is 17.0 Å². The van der Waals surface area contributed by atoms with Crippen LogP contribution in [0.15, 0.2) is 42.5 Å². The number of hydrogen-bond acceptors (Lipinski definition) is 4. The fourth-order valence-electron chi connectivity index (χ4n) is 3.74. The lowest BCUT2D eigenvalue weighted by molar-refractivity contribution is 0.124. The monoisotopic (exact) mass is 447 g/mol. The van der Waals surface area contributed by atoms with Gasteiger partial charge in [-0.05, 0) is 76.3 Å². The maximum atomic E-state index is 13.2. The maximum absolute atomic E-state index is 13.2. The third-order valence-corrected chi connectivity index (χ3v) is 5.92. The Hall–Kier alpha value is -2.92. The lowest BCUT2D eigenvalue weighted by Gasteiger charge is -2.31. The molecule has 0 aliphatic carbocycles. The fraction of sp³-hybridized carbons (Fsp3) is 0.429. The van der Waals surface area contributed by atoms with Gasteiger partial charge in [-0.15, -0.1) is 0 Å². The van der Waals surface area contributed by atoms with Crippen molar-refractivity contribution in [2.75, 3.05) is 13.6 Å². The summed E-state index contributed by atoms with van der Waals surface area (Å²) in [5.74, 6) is 0.904. The summed E-state index contributed by atoms with van der Waals surface area (Å²) >= 11 is 0. The summed E-state index contributed by atoms with van der Waals surface area (Å²) in [5, 5.41) is 0.971. The van der Waals surface area contributed by atoms with Crippen LogP contribution in [-0.4, -0.2) is 35.1 Å². The van der Waals surface area contributed by atoms with Crippen LogP contribution in [0.4, 0.5) is 4.79 Å². The third kappa shape index (κ3) is 5.72. The Bertz CT molecular complexity index is 1130. The molecule has 0 saturated carbocycles.